The Kier molecular flexibility index (Phi) is 2.60. The molecule has 0 unspecified atom stereocenters. The normalized spacial score (nSPS) is 11.6. The lowest BCUT2D eigenvalue weighted by Gasteiger charge is -2.02. The van der Waals surface area contributed by atoms with Crippen LogP contribution in [0, 0.1) is 0 Å². The third-order valence-electron chi connectivity index (χ3n) is 1.51. The summed E-state index contributed by atoms with van der Waals surface area (Å²) in [5, 5.41) is 0. The molecule has 1 rings (SSSR count). The Hall–Kier alpha value is -0.890. The largest absolute Gasteiger partial charge is 0.398 e. The number of para-hydroxylation sites is 1. The molecule has 0 bridgehead atoms. The van der Waals surface area contributed by atoms with Gasteiger partial charge in [-0.05, 0) is 13.0 Å². The molecule has 1 aromatic carbocycles. The second kappa shape index (κ2) is 3.49. The van der Waals surface area contributed by atoms with Gasteiger partial charge in [0, 0.05) is 16.2 Å². The number of nitrogen functional groups attached to an aromatic ring is 1. The van der Waals surface area contributed by atoms with Crippen LogP contribution in [0.4, 0.5) is 5.69 Å². The van der Waals surface area contributed by atoms with Crippen molar-refractivity contribution in [2.24, 2.45) is 0 Å². The molecule has 0 aromatic heterocycles. The van der Waals surface area contributed by atoms with E-state index in [1.165, 1.54) is 0 Å². The molecule has 0 spiro atoms. The third-order valence-corrected chi connectivity index (χ3v) is 2.01. The molecule has 0 saturated heterocycles. The van der Waals surface area contributed by atoms with Gasteiger partial charge in [-0.1, -0.05) is 24.3 Å². The van der Waals surface area contributed by atoms with Crippen molar-refractivity contribution >= 4 is 23.2 Å². The fourth-order valence-corrected chi connectivity index (χ4v) is 1.09. The Labute approximate surface area is 72.3 Å². The molecular formula is C9H11NS. The van der Waals surface area contributed by atoms with Gasteiger partial charge in [0.05, 0.1) is 0 Å². The minimum Gasteiger partial charge on any atom is -0.398 e. The Morgan fingerprint density at radius 3 is 2.64 bits per heavy atom. The first-order valence-corrected chi connectivity index (χ1v) is 3.90. The predicted octanol–water partition coefficient (Wildman–Crippen LogP) is 2.56. The van der Waals surface area contributed by atoms with Gasteiger partial charge in [0.15, 0.2) is 0 Å². The zero-order valence-electron chi connectivity index (χ0n) is 6.41. The Morgan fingerprint density at radius 1 is 1.45 bits per heavy atom. The van der Waals surface area contributed by atoms with Crippen LogP contribution in [0.5, 0.6) is 0 Å². The van der Waals surface area contributed by atoms with Crippen molar-refractivity contribution in [2.75, 3.05) is 5.73 Å². The summed E-state index contributed by atoms with van der Waals surface area (Å²) in [4.78, 5) is 0.920. The van der Waals surface area contributed by atoms with Crippen LogP contribution < -0.4 is 5.73 Å². The quantitative estimate of drug-likeness (QED) is 0.485. The van der Waals surface area contributed by atoms with Gasteiger partial charge in [-0.3, -0.25) is 0 Å². The molecule has 0 heterocycles. The van der Waals surface area contributed by atoms with Crippen LogP contribution in [0.1, 0.15) is 12.5 Å². The summed E-state index contributed by atoms with van der Waals surface area (Å²) in [6.07, 6.45) is 1.93. The van der Waals surface area contributed by atoms with E-state index >= 15 is 0 Å². The number of hydrogen-bond donors (Lipinski definition) is 2. The van der Waals surface area contributed by atoms with Crippen LogP contribution >= 0.6 is 12.6 Å². The highest BCUT2D eigenvalue weighted by Crippen LogP contribution is 2.23. The van der Waals surface area contributed by atoms with Crippen molar-refractivity contribution in [3.05, 3.63) is 35.9 Å². The molecule has 58 valence electrons. The van der Waals surface area contributed by atoms with E-state index in [1.807, 2.05) is 37.3 Å². The molecule has 2 N–H and O–H groups in total. The molecular weight excluding hydrogens is 154 g/mol. The van der Waals surface area contributed by atoms with Gasteiger partial charge < -0.3 is 5.73 Å². The van der Waals surface area contributed by atoms with E-state index in [1.54, 1.807) is 0 Å². The van der Waals surface area contributed by atoms with Crippen molar-refractivity contribution in [3.63, 3.8) is 0 Å². The summed E-state index contributed by atoms with van der Waals surface area (Å²) in [7, 11) is 0. The van der Waals surface area contributed by atoms with E-state index in [4.69, 9.17) is 5.73 Å². The molecule has 0 aliphatic heterocycles. The van der Waals surface area contributed by atoms with Gasteiger partial charge in [-0.15, -0.1) is 12.6 Å². The molecule has 0 amide bonds. The van der Waals surface area contributed by atoms with Crippen LogP contribution in [0.3, 0.4) is 0 Å². The predicted molar refractivity (Wildman–Crippen MR) is 53.5 cm³/mol. The maximum Gasteiger partial charge on any atom is 0.0398 e. The average Bonchev–Trinajstić information content (AvgIpc) is 2.04. The smallest absolute Gasteiger partial charge is 0.0398 e. The summed E-state index contributed by atoms with van der Waals surface area (Å²) in [5.41, 5.74) is 7.48. The van der Waals surface area contributed by atoms with Crippen molar-refractivity contribution in [2.45, 2.75) is 6.92 Å². The monoisotopic (exact) mass is 165 g/mol. The van der Waals surface area contributed by atoms with E-state index < -0.39 is 0 Å². The molecule has 0 saturated carbocycles. The van der Waals surface area contributed by atoms with Crippen LogP contribution in [0.15, 0.2) is 30.3 Å². The maximum atomic E-state index is 5.71. The SMILES string of the molecule is C/C=C(/S)c1ccccc1N. The molecule has 2 heteroatoms. The van der Waals surface area contributed by atoms with Gasteiger partial charge in [0.25, 0.3) is 0 Å². The zero-order chi connectivity index (χ0) is 8.27. The number of rotatable bonds is 1. The highest BCUT2D eigenvalue weighted by atomic mass is 32.1. The van der Waals surface area contributed by atoms with Crippen LogP contribution in [0.25, 0.3) is 4.91 Å². The van der Waals surface area contributed by atoms with Gasteiger partial charge in [0.2, 0.25) is 0 Å². The Morgan fingerprint density at radius 2 is 2.09 bits per heavy atom. The average molecular weight is 165 g/mol. The first kappa shape index (κ1) is 8.21. The standard InChI is InChI=1S/C9H11NS/c1-2-9(11)7-5-3-4-6-8(7)10/h2-6,11H,10H2,1H3/b9-2+. The molecule has 0 aliphatic carbocycles. The maximum absolute atomic E-state index is 5.71. The first-order chi connectivity index (χ1) is 5.25. The van der Waals surface area contributed by atoms with Gasteiger partial charge in [-0.25, -0.2) is 0 Å². The number of thiol groups is 1. The fourth-order valence-electron chi connectivity index (χ4n) is 0.886. The number of hydrogen-bond acceptors (Lipinski definition) is 2. The van der Waals surface area contributed by atoms with Crippen molar-refractivity contribution in [3.8, 4) is 0 Å². The highest BCUT2D eigenvalue weighted by Gasteiger charge is 1.97. The van der Waals surface area contributed by atoms with Crippen molar-refractivity contribution < 1.29 is 0 Å². The summed E-state index contributed by atoms with van der Waals surface area (Å²) >= 11 is 4.27. The highest BCUT2D eigenvalue weighted by molar-refractivity contribution is 7.90. The number of allylic oxidation sites excluding steroid dienone is 1. The second-order valence-corrected chi connectivity index (χ2v) is 2.74. The Bertz CT molecular complexity index is 279. The van der Waals surface area contributed by atoms with E-state index in [-0.39, 0.29) is 0 Å². The molecule has 11 heavy (non-hydrogen) atoms. The summed E-state index contributed by atoms with van der Waals surface area (Å²) in [6.45, 7) is 1.94. The molecule has 0 atom stereocenters. The summed E-state index contributed by atoms with van der Waals surface area (Å²) in [6, 6.07) is 7.69. The van der Waals surface area contributed by atoms with E-state index in [2.05, 4.69) is 12.6 Å². The zero-order valence-corrected chi connectivity index (χ0v) is 7.31. The lowest BCUT2D eigenvalue weighted by atomic mass is 10.1. The molecule has 0 aliphatic rings. The summed E-state index contributed by atoms with van der Waals surface area (Å²) < 4.78 is 0. The summed E-state index contributed by atoms with van der Waals surface area (Å²) in [5.74, 6) is 0. The molecule has 0 fully saturated rings. The molecule has 1 aromatic rings. The Balaban J connectivity index is 3.14. The first-order valence-electron chi connectivity index (χ1n) is 3.46. The minimum absolute atomic E-state index is 0.774. The number of nitrogens with two attached hydrogens (primary N) is 1. The minimum atomic E-state index is 0.774. The van der Waals surface area contributed by atoms with Crippen LogP contribution in [-0.4, -0.2) is 0 Å². The number of anilines is 1. The van der Waals surface area contributed by atoms with Crippen LogP contribution in [-0.2, 0) is 0 Å². The lowest BCUT2D eigenvalue weighted by molar-refractivity contribution is 1.62. The third kappa shape index (κ3) is 1.77. The molecule has 1 nitrogen and oxygen atoms in total. The molecule has 0 radical (unpaired) electrons. The van der Waals surface area contributed by atoms with Crippen molar-refractivity contribution in [1.82, 2.24) is 0 Å². The van der Waals surface area contributed by atoms with Gasteiger partial charge in [-0.2, -0.15) is 0 Å². The fraction of sp³-hybridized carbons (Fsp3) is 0.111. The topological polar surface area (TPSA) is 26.0 Å². The van der Waals surface area contributed by atoms with Gasteiger partial charge in [0.1, 0.15) is 0 Å². The van der Waals surface area contributed by atoms with Gasteiger partial charge >= 0.3 is 0 Å². The van der Waals surface area contributed by atoms with E-state index in [9.17, 15) is 0 Å². The van der Waals surface area contributed by atoms with E-state index in [0.29, 0.717) is 0 Å². The lowest BCUT2D eigenvalue weighted by Crippen LogP contribution is -1.89. The second-order valence-electron chi connectivity index (χ2n) is 2.26. The van der Waals surface area contributed by atoms with E-state index in [0.717, 1.165) is 16.2 Å². The number of benzene rings is 1. The van der Waals surface area contributed by atoms with Crippen LogP contribution in [0.2, 0.25) is 0 Å². The van der Waals surface area contributed by atoms with Crippen molar-refractivity contribution in [1.29, 1.82) is 0 Å².